The summed E-state index contributed by atoms with van der Waals surface area (Å²) in [5, 5.41) is 9.16. The molecular formula is C16H23NO3. The fourth-order valence-corrected chi connectivity index (χ4v) is 2.56. The molecule has 1 saturated heterocycles. The molecule has 1 aliphatic heterocycles. The van der Waals surface area contributed by atoms with Gasteiger partial charge in [0, 0.05) is 6.54 Å². The van der Waals surface area contributed by atoms with Gasteiger partial charge in [-0.25, -0.2) is 0 Å². The van der Waals surface area contributed by atoms with Crippen LogP contribution in [-0.2, 0) is 11.3 Å². The maximum Gasteiger partial charge on any atom is 0.320 e. The molecule has 1 atom stereocenters. The Morgan fingerprint density at radius 3 is 2.80 bits per heavy atom. The Kier molecular flexibility index (Phi) is 5.41. The lowest BCUT2D eigenvalue weighted by molar-refractivity contribution is -0.142. The molecule has 0 saturated carbocycles. The van der Waals surface area contributed by atoms with Crippen LogP contribution < -0.4 is 4.74 Å². The van der Waals surface area contributed by atoms with Crippen molar-refractivity contribution < 1.29 is 14.6 Å². The summed E-state index contributed by atoms with van der Waals surface area (Å²) in [5.41, 5.74) is 1.14. The zero-order valence-electron chi connectivity index (χ0n) is 12.0. The van der Waals surface area contributed by atoms with Gasteiger partial charge in [0.1, 0.15) is 11.8 Å². The van der Waals surface area contributed by atoms with Crippen LogP contribution in [0.15, 0.2) is 24.3 Å². The van der Waals surface area contributed by atoms with Gasteiger partial charge >= 0.3 is 5.97 Å². The third-order valence-electron chi connectivity index (χ3n) is 3.72. The molecule has 20 heavy (non-hydrogen) atoms. The average Bonchev–Trinajstić information content (AvgIpc) is 2.89. The summed E-state index contributed by atoms with van der Waals surface area (Å²) in [6.07, 6.45) is 3.92. The Hall–Kier alpha value is -1.55. The smallest absolute Gasteiger partial charge is 0.320 e. The molecule has 110 valence electrons. The van der Waals surface area contributed by atoms with Crippen molar-refractivity contribution in [3.63, 3.8) is 0 Å². The zero-order chi connectivity index (χ0) is 14.4. The van der Waals surface area contributed by atoms with Crippen LogP contribution in [0.3, 0.4) is 0 Å². The third kappa shape index (κ3) is 3.97. The van der Waals surface area contributed by atoms with Crippen LogP contribution in [0.25, 0.3) is 0 Å². The summed E-state index contributed by atoms with van der Waals surface area (Å²) in [4.78, 5) is 13.2. The number of ether oxygens (including phenoxy) is 1. The number of benzene rings is 1. The highest BCUT2D eigenvalue weighted by Crippen LogP contribution is 2.21. The van der Waals surface area contributed by atoms with Gasteiger partial charge in [0.2, 0.25) is 0 Å². The molecular weight excluding hydrogens is 254 g/mol. The predicted octanol–water partition coefficient (Wildman–Crippen LogP) is 2.91. The minimum atomic E-state index is -0.706. The van der Waals surface area contributed by atoms with E-state index >= 15 is 0 Å². The van der Waals surface area contributed by atoms with E-state index < -0.39 is 5.97 Å². The van der Waals surface area contributed by atoms with E-state index in [2.05, 4.69) is 6.92 Å². The molecule has 4 heteroatoms. The van der Waals surface area contributed by atoms with E-state index in [0.717, 1.165) is 50.1 Å². The fraction of sp³-hybridized carbons (Fsp3) is 0.562. The fourth-order valence-electron chi connectivity index (χ4n) is 2.56. The molecule has 1 fully saturated rings. The first kappa shape index (κ1) is 14.9. The Bertz CT molecular complexity index is 430. The molecule has 1 aromatic rings. The van der Waals surface area contributed by atoms with Crippen molar-refractivity contribution >= 4 is 5.97 Å². The lowest BCUT2D eigenvalue weighted by atomic mass is 10.2. The topological polar surface area (TPSA) is 49.8 Å². The standard InChI is InChI=1S/C16H23NO3/c1-2-3-11-20-14-8-6-13(7-9-14)12-17-10-4-5-15(17)16(18)19/h6-9,15H,2-5,10-12H2,1H3,(H,18,19). The number of carbonyl (C=O) groups is 1. The van der Waals surface area contributed by atoms with Gasteiger partial charge in [0.25, 0.3) is 0 Å². The molecule has 1 heterocycles. The molecule has 0 spiro atoms. The number of rotatable bonds is 7. The minimum absolute atomic E-state index is 0.324. The van der Waals surface area contributed by atoms with Crippen LogP contribution in [0, 0.1) is 0 Å². The molecule has 1 aromatic carbocycles. The van der Waals surface area contributed by atoms with Gasteiger partial charge in [-0.05, 0) is 43.5 Å². The first-order valence-electron chi connectivity index (χ1n) is 7.39. The maximum absolute atomic E-state index is 11.1. The molecule has 0 radical (unpaired) electrons. The Morgan fingerprint density at radius 1 is 1.40 bits per heavy atom. The number of carboxylic acids is 1. The normalized spacial score (nSPS) is 19.1. The van der Waals surface area contributed by atoms with E-state index in [-0.39, 0.29) is 6.04 Å². The first-order valence-corrected chi connectivity index (χ1v) is 7.39. The van der Waals surface area contributed by atoms with Crippen molar-refractivity contribution in [1.29, 1.82) is 0 Å². The number of likely N-dealkylation sites (tertiary alicyclic amines) is 1. The quantitative estimate of drug-likeness (QED) is 0.779. The predicted molar refractivity (Wildman–Crippen MR) is 77.9 cm³/mol. The zero-order valence-corrected chi connectivity index (χ0v) is 12.0. The summed E-state index contributed by atoms with van der Waals surface area (Å²) in [6.45, 7) is 4.46. The number of hydrogen-bond donors (Lipinski definition) is 1. The van der Waals surface area contributed by atoms with Crippen molar-refractivity contribution in [3.05, 3.63) is 29.8 Å². The Balaban J connectivity index is 1.88. The van der Waals surface area contributed by atoms with E-state index in [4.69, 9.17) is 9.84 Å². The molecule has 0 aliphatic carbocycles. The highest BCUT2D eigenvalue weighted by molar-refractivity contribution is 5.73. The molecule has 0 aromatic heterocycles. The Labute approximate surface area is 120 Å². The van der Waals surface area contributed by atoms with Gasteiger partial charge in [0.15, 0.2) is 0 Å². The summed E-state index contributed by atoms with van der Waals surface area (Å²) >= 11 is 0. The molecule has 2 rings (SSSR count). The highest BCUT2D eigenvalue weighted by atomic mass is 16.5. The lowest BCUT2D eigenvalue weighted by Gasteiger charge is -2.21. The van der Waals surface area contributed by atoms with Gasteiger partial charge < -0.3 is 9.84 Å². The van der Waals surface area contributed by atoms with Crippen molar-refractivity contribution in [2.75, 3.05) is 13.2 Å². The second-order valence-electron chi connectivity index (χ2n) is 5.31. The molecule has 0 bridgehead atoms. The van der Waals surface area contributed by atoms with Gasteiger partial charge in [-0.15, -0.1) is 0 Å². The summed E-state index contributed by atoms with van der Waals surface area (Å²) in [7, 11) is 0. The molecule has 0 amide bonds. The van der Waals surface area contributed by atoms with Gasteiger partial charge in [0.05, 0.1) is 6.61 Å². The molecule has 4 nitrogen and oxygen atoms in total. The lowest BCUT2D eigenvalue weighted by Crippen LogP contribution is -2.35. The Morgan fingerprint density at radius 2 is 2.15 bits per heavy atom. The van der Waals surface area contributed by atoms with Crippen molar-refractivity contribution in [2.24, 2.45) is 0 Å². The molecule has 1 aliphatic rings. The van der Waals surface area contributed by atoms with Gasteiger partial charge in [-0.2, -0.15) is 0 Å². The van der Waals surface area contributed by atoms with Crippen LogP contribution >= 0.6 is 0 Å². The third-order valence-corrected chi connectivity index (χ3v) is 3.72. The monoisotopic (exact) mass is 277 g/mol. The van der Waals surface area contributed by atoms with E-state index in [1.165, 1.54) is 0 Å². The van der Waals surface area contributed by atoms with E-state index in [1.807, 2.05) is 29.2 Å². The second-order valence-corrected chi connectivity index (χ2v) is 5.31. The first-order chi connectivity index (χ1) is 9.70. The van der Waals surface area contributed by atoms with Crippen LogP contribution in [0.5, 0.6) is 5.75 Å². The summed E-state index contributed by atoms with van der Waals surface area (Å²) in [5.74, 6) is 0.181. The van der Waals surface area contributed by atoms with E-state index in [1.54, 1.807) is 0 Å². The van der Waals surface area contributed by atoms with Crippen molar-refractivity contribution in [3.8, 4) is 5.75 Å². The van der Waals surface area contributed by atoms with Gasteiger partial charge in [-0.1, -0.05) is 25.5 Å². The maximum atomic E-state index is 11.1. The molecule has 1 unspecified atom stereocenters. The van der Waals surface area contributed by atoms with Crippen molar-refractivity contribution in [1.82, 2.24) is 4.90 Å². The second kappa shape index (κ2) is 7.29. The minimum Gasteiger partial charge on any atom is -0.494 e. The molecule has 1 N–H and O–H groups in total. The number of nitrogens with zero attached hydrogens (tertiary/aromatic N) is 1. The van der Waals surface area contributed by atoms with E-state index in [9.17, 15) is 4.79 Å². The number of carboxylic acid groups (broad SMARTS) is 1. The number of hydrogen-bond acceptors (Lipinski definition) is 3. The van der Waals surface area contributed by atoms with Crippen LogP contribution in [-0.4, -0.2) is 35.2 Å². The van der Waals surface area contributed by atoms with Crippen LogP contribution in [0.4, 0.5) is 0 Å². The van der Waals surface area contributed by atoms with Gasteiger partial charge in [-0.3, -0.25) is 9.69 Å². The number of unbranched alkanes of at least 4 members (excludes halogenated alkanes) is 1. The summed E-state index contributed by atoms with van der Waals surface area (Å²) < 4.78 is 5.62. The van der Waals surface area contributed by atoms with Crippen LogP contribution in [0.2, 0.25) is 0 Å². The van der Waals surface area contributed by atoms with Crippen molar-refractivity contribution in [2.45, 2.75) is 45.2 Å². The SMILES string of the molecule is CCCCOc1ccc(CN2CCCC2C(=O)O)cc1. The van der Waals surface area contributed by atoms with Crippen LogP contribution in [0.1, 0.15) is 38.2 Å². The average molecular weight is 277 g/mol. The largest absolute Gasteiger partial charge is 0.494 e. The number of aliphatic carboxylic acids is 1. The van der Waals surface area contributed by atoms with E-state index in [0.29, 0.717) is 6.54 Å². The summed E-state index contributed by atoms with van der Waals surface area (Å²) in [6, 6.07) is 7.67. The highest BCUT2D eigenvalue weighted by Gasteiger charge is 2.30.